The van der Waals surface area contributed by atoms with Crippen LogP contribution in [0.15, 0.2) is 30.5 Å². The number of fused-ring (bicyclic) bond motifs is 1. The van der Waals surface area contributed by atoms with Gasteiger partial charge in [0.15, 0.2) is 0 Å². The van der Waals surface area contributed by atoms with Gasteiger partial charge in [-0.25, -0.2) is 9.97 Å². The molecule has 0 fully saturated rings. The van der Waals surface area contributed by atoms with Gasteiger partial charge in [-0.15, -0.1) is 0 Å². The molecule has 0 radical (unpaired) electrons. The summed E-state index contributed by atoms with van der Waals surface area (Å²) >= 11 is 11.9. The topological polar surface area (TPSA) is 30.2 Å². The van der Waals surface area contributed by atoms with Crippen molar-refractivity contribution in [3.63, 3.8) is 0 Å². The number of halogens is 2. The van der Waals surface area contributed by atoms with E-state index in [2.05, 4.69) is 29.3 Å². The zero-order chi connectivity index (χ0) is 14.3. The van der Waals surface area contributed by atoms with Gasteiger partial charge in [0, 0.05) is 17.5 Å². The van der Waals surface area contributed by atoms with Crippen LogP contribution in [0, 0.1) is 6.92 Å². The Morgan fingerprint density at radius 2 is 2.05 bits per heavy atom. The van der Waals surface area contributed by atoms with Crippen LogP contribution in [0.4, 0.5) is 0 Å². The quantitative estimate of drug-likeness (QED) is 0.649. The van der Waals surface area contributed by atoms with Gasteiger partial charge in [0.1, 0.15) is 10.8 Å². The van der Waals surface area contributed by atoms with Crippen molar-refractivity contribution in [3.8, 4) is 11.3 Å². The van der Waals surface area contributed by atoms with Gasteiger partial charge >= 0.3 is 0 Å². The molecular weight excluding hydrogens is 293 g/mol. The van der Waals surface area contributed by atoms with E-state index >= 15 is 0 Å². The second kappa shape index (κ2) is 5.08. The zero-order valence-corrected chi connectivity index (χ0v) is 12.7. The number of hydrogen-bond acceptors (Lipinski definition) is 2. The highest BCUT2D eigenvalue weighted by atomic mass is 35.5. The van der Waals surface area contributed by atoms with E-state index in [4.69, 9.17) is 28.2 Å². The molecule has 3 heterocycles. The summed E-state index contributed by atoms with van der Waals surface area (Å²) in [5.74, 6) is 0. The molecule has 5 heteroatoms. The van der Waals surface area contributed by atoms with Crippen molar-refractivity contribution >= 4 is 28.8 Å². The van der Waals surface area contributed by atoms with E-state index < -0.39 is 0 Å². The Morgan fingerprint density at radius 1 is 1.25 bits per heavy atom. The minimum absolute atomic E-state index is 0.313. The Bertz CT molecular complexity index is 793. The SMILES string of the molecule is CCc1c(-c2cnc(Cl)c(Cl)c2)nc2cccc(C)n12. The fraction of sp³-hybridized carbons (Fsp3) is 0.200. The molecule has 0 N–H and O–H groups in total. The Morgan fingerprint density at radius 3 is 2.75 bits per heavy atom. The highest BCUT2D eigenvalue weighted by Gasteiger charge is 2.15. The summed E-state index contributed by atoms with van der Waals surface area (Å²) in [5.41, 5.74) is 5.04. The molecule has 0 atom stereocenters. The standard InChI is InChI=1S/C15H13Cl2N3/c1-3-12-14(10-7-11(16)15(17)18-8-10)19-13-6-4-5-9(2)20(12)13/h4-8H,3H2,1-2H3. The van der Waals surface area contributed by atoms with E-state index in [-0.39, 0.29) is 0 Å². The third-order valence-electron chi connectivity index (χ3n) is 3.34. The summed E-state index contributed by atoms with van der Waals surface area (Å²) in [5, 5.41) is 0.758. The molecule has 0 aromatic carbocycles. The maximum Gasteiger partial charge on any atom is 0.147 e. The third kappa shape index (κ3) is 2.07. The highest BCUT2D eigenvalue weighted by molar-refractivity contribution is 6.41. The predicted molar refractivity (Wildman–Crippen MR) is 82.6 cm³/mol. The molecule has 0 unspecified atom stereocenters. The van der Waals surface area contributed by atoms with Gasteiger partial charge in [-0.3, -0.25) is 0 Å². The molecule has 0 saturated carbocycles. The number of hydrogen-bond donors (Lipinski definition) is 0. The molecule has 3 rings (SSSR count). The molecule has 20 heavy (non-hydrogen) atoms. The minimum atomic E-state index is 0.313. The predicted octanol–water partition coefficient (Wildman–Crippen LogP) is 4.57. The van der Waals surface area contributed by atoms with Gasteiger partial charge in [0.05, 0.1) is 16.4 Å². The first-order valence-corrected chi connectivity index (χ1v) is 7.15. The number of imidazole rings is 1. The van der Waals surface area contributed by atoms with Gasteiger partial charge in [-0.1, -0.05) is 36.2 Å². The molecule has 102 valence electrons. The lowest BCUT2D eigenvalue weighted by molar-refractivity contribution is 0.962. The number of rotatable bonds is 2. The van der Waals surface area contributed by atoms with E-state index in [9.17, 15) is 0 Å². The molecule has 0 aliphatic rings. The Kier molecular flexibility index (Phi) is 3.40. The summed E-state index contributed by atoms with van der Waals surface area (Å²) < 4.78 is 2.16. The summed E-state index contributed by atoms with van der Waals surface area (Å²) in [7, 11) is 0. The second-order valence-corrected chi connectivity index (χ2v) is 5.38. The van der Waals surface area contributed by atoms with E-state index in [0.717, 1.165) is 34.7 Å². The molecule has 0 aliphatic heterocycles. The summed E-state index contributed by atoms with van der Waals surface area (Å²) in [4.78, 5) is 8.81. The Balaban J connectivity index is 2.30. The monoisotopic (exact) mass is 305 g/mol. The van der Waals surface area contributed by atoms with Crippen LogP contribution >= 0.6 is 23.2 Å². The van der Waals surface area contributed by atoms with Crippen molar-refractivity contribution in [3.05, 3.63) is 52.0 Å². The Hall–Kier alpha value is -1.58. The van der Waals surface area contributed by atoms with E-state index in [0.29, 0.717) is 10.2 Å². The average Bonchev–Trinajstić information content (AvgIpc) is 2.82. The lowest BCUT2D eigenvalue weighted by Crippen LogP contribution is -1.96. The lowest BCUT2D eigenvalue weighted by atomic mass is 10.1. The molecule has 0 bridgehead atoms. The summed E-state index contributed by atoms with van der Waals surface area (Å²) in [6.45, 7) is 4.19. The van der Waals surface area contributed by atoms with Crippen molar-refractivity contribution in [2.75, 3.05) is 0 Å². The molecule has 0 amide bonds. The van der Waals surface area contributed by atoms with Gasteiger partial charge < -0.3 is 4.40 Å². The average molecular weight is 306 g/mol. The first-order chi connectivity index (χ1) is 9.61. The van der Waals surface area contributed by atoms with Gasteiger partial charge in [0.2, 0.25) is 0 Å². The number of pyridine rings is 2. The Labute approximate surface area is 127 Å². The van der Waals surface area contributed by atoms with Crippen LogP contribution in [0.5, 0.6) is 0 Å². The molecule has 3 nitrogen and oxygen atoms in total. The van der Waals surface area contributed by atoms with Gasteiger partial charge in [-0.05, 0) is 31.5 Å². The fourth-order valence-electron chi connectivity index (χ4n) is 2.43. The maximum absolute atomic E-state index is 6.06. The zero-order valence-electron chi connectivity index (χ0n) is 11.2. The van der Waals surface area contributed by atoms with Crippen molar-refractivity contribution < 1.29 is 0 Å². The van der Waals surface area contributed by atoms with Crippen LogP contribution in [0.3, 0.4) is 0 Å². The van der Waals surface area contributed by atoms with Crippen LogP contribution in [-0.2, 0) is 6.42 Å². The molecule has 0 aliphatic carbocycles. The summed E-state index contributed by atoms with van der Waals surface area (Å²) in [6, 6.07) is 7.90. The lowest BCUT2D eigenvalue weighted by Gasteiger charge is -2.05. The van der Waals surface area contributed by atoms with Crippen LogP contribution < -0.4 is 0 Å². The fourth-order valence-corrected chi connectivity index (χ4v) is 2.70. The van der Waals surface area contributed by atoms with E-state index in [1.54, 1.807) is 6.20 Å². The van der Waals surface area contributed by atoms with Crippen LogP contribution in [0.1, 0.15) is 18.3 Å². The molecule has 0 saturated heterocycles. The number of aryl methyl sites for hydroxylation is 2. The van der Waals surface area contributed by atoms with E-state index in [1.165, 1.54) is 0 Å². The van der Waals surface area contributed by atoms with Crippen molar-refractivity contribution in [2.24, 2.45) is 0 Å². The minimum Gasteiger partial charge on any atom is -0.301 e. The van der Waals surface area contributed by atoms with Crippen LogP contribution in [-0.4, -0.2) is 14.4 Å². The largest absolute Gasteiger partial charge is 0.301 e. The smallest absolute Gasteiger partial charge is 0.147 e. The number of nitrogens with zero attached hydrogens (tertiary/aromatic N) is 3. The highest BCUT2D eigenvalue weighted by Crippen LogP contribution is 2.29. The third-order valence-corrected chi connectivity index (χ3v) is 4.02. The van der Waals surface area contributed by atoms with Gasteiger partial charge in [-0.2, -0.15) is 0 Å². The van der Waals surface area contributed by atoms with Crippen molar-refractivity contribution in [1.29, 1.82) is 0 Å². The van der Waals surface area contributed by atoms with Crippen LogP contribution in [0.25, 0.3) is 16.9 Å². The normalized spacial score (nSPS) is 11.2. The molecule has 3 aromatic rings. The molecule has 0 spiro atoms. The van der Waals surface area contributed by atoms with Crippen molar-refractivity contribution in [1.82, 2.24) is 14.4 Å². The number of aromatic nitrogens is 3. The first-order valence-electron chi connectivity index (χ1n) is 6.40. The molecular formula is C15H13Cl2N3. The second-order valence-electron chi connectivity index (χ2n) is 4.62. The van der Waals surface area contributed by atoms with Crippen molar-refractivity contribution in [2.45, 2.75) is 20.3 Å². The first kappa shape index (κ1) is 13.4. The maximum atomic E-state index is 6.06. The van der Waals surface area contributed by atoms with Gasteiger partial charge in [0.25, 0.3) is 0 Å². The van der Waals surface area contributed by atoms with E-state index in [1.807, 2.05) is 18.2 Å². The van der Waals surface area contributed by atoms with Crippen LogP contribution in [0.2, 0.25) is 10.2 Å². The molecule has 3 aromatic heterocycles. The summed E-state index contributed by atoms with van der Waals surface area (Å²) in [6.07, 6.45) is 2.59.